The number of fused-ring (bicyclic) bond motifs is 1. The van der Waals surface area contributed by atoms with Crippen LogP contribution in [0.5, 0.6) is 5.75 Å². The summed E-state index contributed by atoms with van der Waals surface area (Å²) in [4.78, 5) is 40.7. The molecule has 1 atom stereocenters. The van der Waals surface area contributed by atoms with Gasteiger partial charge < -0.3 is 20.1 Å². The number of benzene rings is 1. The number of hydrogen-bond acceptors (Lipinski definition) is 6. The van der Waals surface area contributed by atoms with Gasteiger partial charge in [-0.15, -0.1) is 11.3 Å². The lowest BCUT2D eigenvalue weighted by molar-refractivity contribution is -0.125. The van der Waals surface area contributed by atoms with Gasteiger partial charge in [-0.2, -0.15) is 0 Å². The van der Waals surface area contributed by atoms with Crippen LogP contribution >= 0.6 is 11.3 Å². The first-order valence-electron chi connectivity index (χ1n) is 7.97. The number of amides is 2. The molecule has 2 amide bonds. The first kappa shape index (κ1) is 17.9. The Hall–Kier alpha value is -2.94. The number of carbonyl (C=O) groups is 3. The number of para-hydroxylation sites is 2. The summed E-state index contributed by atoms with van der Waals surface area (Å²) in [6.07, 6.45) is -0.484. The van der Waals surface area contributed by atoms with Gasteiger partial charge >= 0.3 is 5.97 Å². The Morgan fingerprint density at radius 2 is 2.15 bits per heavy atom. The number of carbonyl (C=O) groups excluding carboxylic acids is 2. The van der Waals surface area contributed by atoms with Crippen LogP contribution in [0.15, 0.2) is 29.6 Å². The maximum atomic E-state index is 12.4. The van der Waals surface area contributed by atoms with Crippen molar-refractivity contribution in [2.75, 3.05) is 11.4 Å². The van der Waals surface area contributed by atoms with E-state index < -0.39 is 12.1 Å². The van der Waals surface area contributed by atoms with Crippen molar-refractivity contribution in [1.29, 1.82) is 0 Å². The molecule has 0 saturated heterocycles. The molecule has 1 aromatic carbocycles. The summed E-state index contributed by atoms with van der Waals surface area (Å²) in [5.41, 5.74) is 0.609. The zero-order valence-electron chi connectivity index (χ0n) is 14.0. The zero-order valence-corrected chi connectivity index (χ0v) is 14.8. The fourth-order valence-corrected chi connectivity index (χ4v) is 3.26. The van der Waals surface area contributed by atoms with Crippen LogP contribution < -0.4 is 15.0 Å². The number of nitrogens with zero attached hydrogens (tertiary/aromatic N) is 2. The van der Waals surface area contributed by atoms with Crippen LogP contribution in [0.2, 0.25) is 0 Å². The second-order valence-corrected chi connectivity index (χ2v) is 6.62. The standard InChI is InChI=1S/C17H17N3O5S/c1-10-16(22)20(12-4-2-3-5-13(12)25-10)7-6-14(21)18-8-15-19-11(9-26-15)17(23)24/h2-5,9-10H,6-8H2,1H3,(H,18,21)(H,23,24). The lowest BCUT2D eigenvalue weighted by Crippen LogP contribution is -2.45. The summed E-state index contributed by atoms with van der Waals surface area (Å²) in [6, 6.07) is 7.19. The van der Waals surface area contributed by atoms with Crippen LogP contribution in [0.25, 0.3) is 0 Å². The van der Waals surface area contributed by atoms with Crippen LogP contribution in [-0.2, 0) is 16.1 Å². The molecule has 9 heteroatoms. The maximum absolute atomic E-state index is 12.4. The molecular formula is C17H17N3O5S. The number of thiazole rings is 1. The molecule has 0 fully saturated rings. The molecule has 8 nitrogen and oxygen atoms in total. The van der Waals surface area contributed by atoms with Crippen molar-refractivity contribution in [2.45, 2.75) is 26.0 Å². The Morgan fingerprint density at radius 3 is 2.88 bits per heavy atom. The quantitative estimate of drug-likeness (QED) is 0.795. The molecule has 1 aliphatic heterocycles. The summed E-state index contributed by atoms with van der Waals surface area (Å²) in [5, 5.41) is 13.5. The zero-order chi connectivity index (χ0) is 18.7. The van der Waals surface area contributed by atoms with Gasteiger partial charge in [0, 0.05) is 18.3 Å². The molecule has 2 heterocycles. The highest BCUT2D eigenvalue weighted by molar-refractivity contribution is 7.09. The molecule has 2 N–H and O–H groups in total. The number of nitrogens with one attached hydrogen (secondary N) is 1. The van der Waals surface area contributed by atoms with Crippen molar-refractivity contribution in [2.24, 2.45) is 0 Å². The van der Waals surface area contributed by atoms with Gasteiger partial charge in [-0.25, -0.2) is 9.78 Å². The molecule has 1 aromatic heterocycles. The number of ether oxygens (including phenoxy) is 1. The molecule has 1 aliphatic rings. The fraction of sp³-hybridized carbons (Fsp3) is 0.294. The minimum absolute atomic E-state index is 0.0382. The van der Waals surface area contributed by atoms with E-state index in [1.807, 2.05) is 6.07 Å². The largest absolute Gasteiger partial charge is 0.479 e. The van der Waals surface area contributed by atoms with E-state index in [4.69, 9.17) is 9.84 Å². The second-order valence-electron chi connectivity index (χ2n) is 5.68. The first-order chi connectivity index (χ1) is 12.5. The van der Waals surface area contributed by atoms with Crippen molar-refractivity contribution in [1.82, 2.24) is 10.3 Å². The molecule has 3 rings (SSSR count). The van der Waals surface area contributed by atoms with Gasteiger partial charge in [-0.3, -0.25) is 9.59 Å². The predicted octanol–water partition coefficient (Wildman–Crippen LogP) is 1.66. The van der Waals surface area contributed by atoms with Crippen LogP contribution in [0, 0.1) is 0 Å². The third-order valence-corrected chi connectivity index (χ3v) is 4.69. The SMILES string of the molecule is CC1Oc2ccccc2N(CCC(=O)NCc2nc(C(=O)O)cs2)C1=O. The highest BCUT2D eigenvalue weighted by atomic mass is 32.1. The Bertz CT molecular complexity index is 850. The maximum Gasteiger partial charge on any atom is 0.355 e. The van der Waals surface area contributed by atoms with E-state index in [2.05, 4.69) is 10.3 Å². The van der Waals surface area contributed by atoms with Crippen LogP contribution in [0.3, 0.4) is 0 Å². The lowest BCUT2D eigenvalue weighted by Gasteiger charge is -2.32. The highest BCUT2D eigenvalue weighted by Crippen LogP contribution is 2.33. The average molecular weight is 375 g/mol. The van der Waals surface area contributed by atoms with E-state index in [1.54, 1.807) is 30.0 Å². The van der Waals surface area contributed by atoms with Crippen molar-refractivity contribution in [3.63, 3.8) is 0 Å². The van der Waals surface area contributed by atoms with Gasteiger partial charge in [0.1, 0.15) is 10.8 Å². The topological polar surface area (TPSA) is 109 Å². The van der Waals surface area contributed by atoms with Gasteiger partial charge in [0.05, 0.1) is 12.2 Å². The molecule has 136 valence electrons. The van der Waals surface area contributed by atoms with E-state index in [9.17, 15) is 14.4 Å². The Balaban J connectivity index is 1.57. The minimum Gasteiger partial charge on any atom is -0.479 e. The molecular weight excluding hydrogens is 358 g/mol. The van der Waals surface area contributed by atoms with Crippen molar-refractivity contribution in [3.05, 3.63) is 40.3 Å². The van der Waals surface area contributed by atoms with Crippen LogP contribution in [0.1, 0.15) is 28.8 Å². The monoisotopic (exact) mass is 375 g/mol. The number of carboxylic acid groups (broad SMARTS) is 1. The third-order valence-electron chi connectivity index (χ3n) is 3.84. The number of carboxylic acids is 1. The first-order valence-corrected chi connectivity index (χ1v) is 8.85. The van der Waals surface area contributed by atoms with Crippen LogP contribution in [0.4, 0.5) is 5.69 Å². The van der Waals surface area contributed by atoms with Crippen molar-refractivity contribution >= 4 is 34.8 Å². The van der Waals surface area contributed by atoms with Gasteiger partial charge in [0.15, 0.2) is 11.8 Å². The lowest BCUT2D eigenvalue weighted by atomic mass is 10.1. The number of hydrogen-bond donors (Lipinski definition) is 2. The highest BCUT2D eigenvalue weighted by Gasteiger charge is 2.31. The molecule has 0 aliphatic carbocycles. The Kier molecular flexibility index (Phi) is 5.17. The van der Waals surface area contributed by atoms with Crippen molar-refractivity contribution in [3.8, 4) is 5.75 Å². The molecule has 0 saturated carbocycles. The van der Waals surface area contributed by atoms with Crippen molar-refractivity contribution < 1.29 is 24.2 Å². The molecule has 1 unspecified atom stereocenters. The average Bonchev–Trinajstić information content (AvgIpc) is 3.10. The Labute approximate surface area is 153 Å². The summed E-state index contributed by atoms with van der Waals surface area (Å²) in [6.45, 7) is 2.06. The third kappa shape index (κ3) is 3.83. The summed E-state index contributed by atoms with van der Waals surface area (Å²) in [7, 11) is 0. The van der Waals surface area contributed by atoms with E-state index in [0.717, 1.165) is 0 Å². The summed E-state index contributed by atoms with van der Waals surface area (Å²) < 4.78 is 5.56. The smallest absolute Gasteiger partial charge is 0.355 e. The van der Waals surface area contributed by atoms with Gasteiger partial charge in [0.2, 0.25) is 5.91 Å². The van der Waals surface area contributed by atoms with E-state index in [-0.39, 0.29) is 37.0 Å². The van der Waals surface area contributed by atoms with Gasteiger partial charge in [-0.1, -0.05) is 12.1 Å². The normalized spacial score (nSPS) is 16.0. The summed E-state index contributed by atoms with van der Waals surface area (Å²) in [5.74, 6) is -0.926. The van der Waals surface area contributed by atoms with E-state index in [1.165, 1.54) is 16.7 Å². The van der Waals surface area contributed by atoms with E-state index in [0.29, 0.717) is 16.4 Å². The molecule has 0 radical (unpaired) electrons. The number of anilines is 1. The second kappa shape index (κ2) is 7.52. The van der Waals surface area contributed by atoms with Gasteiger partial charge in [0.25, 0.3) is 5.91 Å². The molecule has 0 bridgehead atoms. The fourth-order valence-electron chi connectivity index (χ4n) is 2.56. The molecule has 2 aromatic rings. The minimum atomic E-state index is -1.10. The number of aromatic nitrogens is 1. The van der Waals surface area contributed by atoms with Gasteiger partial charge in [-0.05, 0) is 19.1 Å². The van der Waals surface area contributed by atoms with E-state index >= 15 is 0 Å². The van der Waals surface area contributed by atoms with Crippen LogP contribution in [-0.4, -0.2) is 40.5 Å². The molecule has 0 spiro atoms. The predicted molar refractivity (Wildman–Crippen MR) is 94.4 cm³/mol. The number of aromatic carboxylic acids is 1. The Morgan fingerprint density at radius 1 is 1.38 bits per heavy atom. The molecule has 26 heavy (non-hydrogen) atoms. The summed E-state index contributed by atoms with van der Waals surface area (Å²) >= 11 is 1.17. The number of rotatable bonds is 6.